The number of rotatable bonds is 2. The number of nitriles is 2. The normalized spacial score (nSPS) is 14.5. The zero-order valence-electron chi connectivity index (χ0n) is 20.7. The highest BCUT2D eigenvalue weighted by molar-refractivity contribution is 7.13. The van der Waals surface area contributed by atoms with Gasteiger partial charge in [0.1, 0.15) is 0 Å². The van der Waals surface area contributed by atoms with Crippen LogP contribution in [0.2, 0.25) is 0 Å². The highest BCUT2D eigenvalue weighted by Crippen LogP contribution is 2.54. The molecule has 0 unspecified atom stereocenters. The molecule has 0 saturated heterocycles. The number of thiophene rings is 2. The van der Waals surface area contributed by atoms with Gasteiger partial charge in [0, 0.05) is 20.9 Å². The highest BCUT2D eigenvalue weighted by atomic mass is 32.1. The first-order valence-electron chi connectivity index (χ1n) is 12.3. The van der Waals surface area contributed by atoms with E-state index in [9.17, 15) is 10.5 Å². The number of hydrogen-bond acceptors (Lipinski definition) is 4. The van der Waals surface area contributed by atoms with E-state index in [1.165, 1.54) is 0 Å². The molecule has 0 N–H and O–H groups in total. The van der Waals surface area contributed by atoms with E-state index in [1.807, 2.05) is 29.0 Å². The summed E-state index contributed by atoms with van der Waals surface area (Å²) in [5.74, 6) is 0. The Morgan fingerprint density at radius 1 is 0.550 bits per heavy atom. The predicted molar refractivity (Wildman–Crippen MR) is 160 cm³/mol. The lowest BCUT2D eigenvalue weighted by molar-refractivity contribution is 1.48. The Balaban J connectivity index is 1.53. The largest absolute Gasteiger partial charge is 0.270 e. The molecule has 2 aliphatic rings. The first kappa shape index (κ1) is 23.6. The molecular weight excluding hydrogens is 529 g/mol. The van der Waals surface area contributed by atoms with Crippen molar-refractivity contribution in [2.45, 2.75) is 0 Å². The molecule has 0 spiro atoms. The second-order valence-corrected chi connectivity index (χ2v) is 11.2. The molecule has 0 atom stereocenters. The molecule has 182 valence electrons. The van der Waals surface area contributed by atoms with Crippen LogP contribution < -0.4 is 0 Å². The summed E-state index contributed by atoms with van der Waals surface area (Å²) in [5.41, 5.74) is 10.3. The van der Waals surface area contributed by atoms with Crippen LogP contribution in [0.3, 0.4) is 0 Å². The molecule has 6 heteroatoms. The van der Waals surface area contributed by atoms with Gasteiger partial charge in [0.05, 0.1) is 25.3 Å². The first-order valence-corrected chi connectivity index (χ1v) is 14.0. The van der Waals surface area contributed by atoms with E-state index in [0.29, 0.717) is 11.1 Å². The van der Waals surface area contributed by atoms with Crippen molar-refractivity contribution in [2.75, 3.05) is 0 Å². The SMILES string of the molecule is [C-]#[N+]/C(C#N)=C1/c2cc(-c3cccs3)ccc2-c2cc3c(cc21)/C(=C(\C#N)[N+]#[C-])c1cc(-c2cccs2)ccc1-3. The highest BCUT2D eigenvalue weighted by Gasteiger charge is 2.33. The maximum Gasteiger partial charge on any atom is 0.270 e. The monoisotopic (exact) mass is 542 g/mol. The van der Waals surface area contributed by atoms with Gasteiger partial charge in [0.25, 0.3) is 11.4 Å². The van der Waals surface area contributed by atoms with Crippen molar-refractivity contribution in [1.82, 2.24) is 0 Å². The fourth-order valence-electron chi connectivity index (χ4n) is 5.70. The maximum absolute atomic E-state index is 9.95. The summed E-state index contributed by atoms with van der Waals surface area (Å²) in [6, 6.07) is 28.8. The lowest BCUT2D eigenvalue weighted by Gasteiger charge is -2.09. The quantitative estimate of drug-likeness (QED) is 0.161. The third kappa shape index (κ3) is 3.32. The van der Waals surface area contributed by atoms with Crippen molar-refractivity contribution in [3.63, 3.8) is 0 Å². The second kappa shape index (κ2) is 9.06. The standard InChI is InChI=1S/C34H14N4S2/c1-37-29(17-35)33-25-13-19(31-5-3-11-39-31)7-9-21(25)23-15-24-22-10-8-20(32-6-4-12-40-32)14-26(22)34(30(18-36)38-2)28(24)16-27(23)33/h3-16H/b33-29-,34-30+. The van der Waals surface area contributed by atoms with Gasteiger partial charge in [-0.2, -0.15) is 0 Å². The van der Waals surface area contributed by atoms with Crippen LogP contribution in [-0.4, -0.2) is 0 Å². The van der Waals surface area contributed by atoms with Gasteiger partial charge in [-0.3, -0.25) is 0 Å². The molecule has 0 amide bonds. The zero-order chi connectivity index (χ0) is 27.4. The van der Waals surface area contributed by atoms with Crippen molar-refractivity contribution in [3.05, 3.63) is 140 Å². The van der Waals surface area contributed by atoms with Gasteiger partial charge < -0.3 is 0 Å². The smallest absolute Gasteiger partial charge is 0.226 e. The summed E-state index contributed by atoms with van der Waals surface area (Å²) in [6.07, 6.45) is 0. The Morgan fingerprint density at radius 2 is 0.975 bits per heavy atom. The molecule has 2 heterocycles. The zero-order valence-corrected chi connectivity index (χ0v) is 22.3. The molecule has 0 radical (unpaired) electrons. The summed E-state index contributed by atoms with van der Waals surface area (Å²) in [4.78, 5) is 9.41. The van der Waals surface area contributed by atoms with Gasteiger partial charge in [-0.05, 0) is 103 Å². The minimum absolute atomic E-state index is 0.0231. The predicted octanol–water partition coefficient (Wildman–Crippen LogP) is 9.51. The van der Waals surface area contributed by atoms with Gasteiger partial charge in [-0.15, -0.1) is 22.7 Å². The summed E-state index contributed by atoms with van der Waals surface area (Å²) >= 11 is 3.28. The Morgan fingerprint density at radius 3 is 1.35 bits per heavy atom. The molecule has 4 nitrogen and oxygen atoms in total. The molecule has 7 rings (SSSR count). The molecule has 40 heavy (non-hydrogen) atoms. The number of nitrogens with zero attached hydrogens (tertiary/aromatic N) is 4. The summed E-state index contributed by atoms with van der Waals surface area (Å²) in [5, 5.41) is 24.0. The molecule has 0 bridgehead atoms. The van der Waals surface area contributed by atoms with Gasteiger partial charge in [0.2, 0.25) is 0 Å². The molecule has 5 aromatic rings. The third-order valence-electron chi connectivity index (χ3n) is 7.37. The van der Waals surface area contributed by atoms with Crippen LogP contribution in [0.5, 0.6) is 0 Å². The Hall–Kier alpha value is -5.50. The fraction of sp³-hybridized carbons (Fsp3) is 0. The fourth-order valence-corrected chi connectivity index (χ4v) is 7.14. The number of fused-ring (bicyclic) bond motifs is 6. The van der Waals surface area contributed by atoms with Crippen LogP contribution in [0.1, 0.15) is 22.3 Å². The van der Waals surface area contributed by atoms with E-state index in [0.717, 1.165) is 65.4 Å². The topological polar surface area (TPSA) is 56.3 Å². The van der Waals surface area contributed by atoms with Gasteiger partial charge >= 0.3 is 0 Å². The average Bonchev–Trinajstić information content (AvgIpc) is 3.80. The van der Waals surface area contributed by atoms with Crippen molar-refractivity contribution < 1.29 is 0 Å². The molecule has 2 aliphatic carbocycles. The number of benzene rings is 3. The Kier molecular flexibility index (Phi) is 5.35. The van der Waals surface area contributed by atoms with Crippen LogP contribution in [0.25, 0.3) is 64.0 Å². The van der Waals surface area contributed by atoms with Crippen LogP contribution in [0.4, 0.5) is 0 Å². The van der Waals surface area contributed by atoms with E-state index in [4.69, 9.17) is 13.1 Å². The van der Waals surface area contributed by atoms with Crippen molar-refractivity contribution in [3.8, 4) is 55.3 Å². The molecular formula is C34H14N4S2. The van der Waals surface area contributed by atoms with Crippen LogP contribution in [-0.2, 0) is 0 Å². The minimum Gasteiger partial charge on any atom is -0.226 e. The molecule has 3 aromatic carbocycles. The lowest BCUT2D eigenvalue weighted by Crippen LogP contribution is -1.91. The summed E-state index contributed by atoms with van der Waals surface area (Å²) in [7, 11) is 0. The number of hydrogen-bond donors (Lipinski definition) is 0. The lowest BCUT2D eigenvalue weighted by atomic mass is 9.94. The van der Waals surface area contributed by atoms with E-state index in [1.54, 1.807) is 22.7 Å². The maximum atomic E-state index is 9.95. The summed E-state index contributed by atoms with van der Waals surface area (Å²) < 4.78 is 0. The van der Waals surface area contributed by atoms with Crippen LogP contribution >= 0.6 is 22.7 Å². The van der Waals surface area contributed by atoms with Crippen molar-refractivity contribution in [2.24, 2.45) is 0 Å². The minimum atomic E-state index is 0.0231. The third-order valence-corrected chi connectivity index (χ3v) is 9.21. The van der Waals surface area contributed by atoms with Gasteiger partial charge in [0.15, 0.2) is 0 Å². The molecule has 2 aromatic heterocycles. The van der Waals surface area contributed by atoms with E-state index < -0.39 is 0 Å². The van der Waals surface area contributed by atoms with Crippen LogP contribution in [0.15, 0.2) is 95.0 Å². The molecule has 0 saturated carbocycles. The molecule has 0 aliphatic heterocycles. The van der Waals surface area contributed by atoms with E-state index in [-0.39, 0.29) is 11.4 Å². The summed E-state index contributed by atoms with van der Waals surface area (Å²) in [6.45, 7) is 15.5. The second-order valence-electron chi connectivity index (χ2n) is 9.31. The molecule has 0 fully saturated rings. The first-order chi connectivity index (χ1) is 19.7. The van der Waals surface area contributed by atoms with E-state index in [2.05, 4.69) is 76.4 Å². The van der Waals surface area contributed by atoms with Gasteiger partial charge in [-0.1, -0.05) is 36.4 Å². The Bertz CT molecular complexity index is 1950. The van der Waals surface area contributed by atoms with Crippen molar-refractivity contribution in [1.29, 1.82) is 10.5 Å². The Labute approximate surface area is 238 Å². The van der Waals surface area contributed by atoms with E-state index >= 15 is 0 Å². The van der Waals surface area contributed by atoms with Gasteiger partial charge in [-0.25, -0.2) is 20.2 Å². The van der Waals surface area contributed by atoms with Crippen LogP contribution in [0, 0.1) is 35.8 Å². The van der Waals surface area contributed by atoms with Crippen molar-refractivity contribution >= 4 is 33.8 Å². The average molecular weight is 543 g/mol. The number of allylic oxidation sites excluding steroid dienone is 2.